The zero-order valence-electron chi connectivity index (χ0n) is 8.39. The summed E-state index contributed by atoms with van der Waals surface area (Å²) in [5.41, 5.74) is 8.50. The minimum Gasteiger partial charge on any atom is -0.460 e. The first kappa shape index (κ1) is 15.6. The third-order valence-electron chi connectivity index (χ3n) is 1.02. The van der Waals surface area contributed by atoms with E-state index < -0.39 is 18.1 Å². The summed E-state index contributed by atoms with van der Waals surface area (Å²) in [6.45, 7) is 6.63. The van der Waals surface area contributed by atoms with Crippen LogP contribution in [0.3, 0.4) is 0 Å². The van der Waals surface area contributed by atoms with Gasteiger partial charge >= 0.3 is 12.0 Å². The van der Waals surface area contributed by atoms with Gasteiger partial charge in [0.2, 0.25) is 0 Å². The fourth-order valence-electron chi connectivity index (χ4n) is 0.498. The number of esters is 1. The lowest BCUT2D eigenvalue weighted by molar-refractivity contribution is -0.140. The molecule has 0 bridgehead atoms. The molecule has 6 heteroatoms. The molecule has 15 heavy (non-hydrogen) atoms. The van der Waals surface area contributed by atoms with Crippen molar-refractivity contribution < 1.29 is 19.4 Å². The van der Waals surface area contributed by atoms with E-state index in [-0.39, 0.29) is 6.61 Å². The quantitative estimate of drug-likeness (QED) is 0.331. The molecule has 0 aromatic carbocycles. The van der Waals surface area contributed by atoms with Crippen LogP contribution >= 0.6 is 0 Å². The number of hydrogen-bond donors (Lipinski definition) is 3. The first-order valence-electron chi connectivity index (χ1n) is 4.07. The van der Waals surface area contributed by atoms with Crippen LogP contribution in [0.4, 0.5) is 4.79 Å². The van der Waals surface area contributed by atoms with Crippen molar-refractivity contribution in [3.8, 4) is 0 Å². The Kier molecular flexibility index (Phi) is 10.7. The zero-order chi connectivity index (χ0) is 12.3. The molecule has 1 unspecified atom stereocenters. The second kappa shape index (κ2) is 10.3. The van der Waals surface area contributed by atoms with Gasteiger partial charge in [0.05, 0.1) is 6.10 Å². The Bertz CT molecular complexity index is 224. The molecular formula is C9H16N2O4. The first-order chi connectivity index (χ1) is 6.93. The van der Waals surface area contributed by atoms with Gasteiger partial charge in [-0.1, -0.05) is 12.7 Å². The summed E-state index contributed by atoms with van der Waals surface area (Å²) in [7, 11) is 0. The van der Waals surface area contributed by atoms with Crippen LogP contribution in [0.2, 0.25) is 0 Å². The molecule has 0 aliphatic heterocycles. The Balaban J connectivity index is 0. The average Bonchev–Trinajstić information content (AvgIpc) is 2.14. The highest BCUT2D eigenvalue weighted by Gasteiger charge is 2.03. The van der Waals surface area contributed by atoms with Crippen molar-refractivity contribution in [3.05, 3.63) is 25.3 Å². The van der Waals surface area contributed by atoms with E-state index in [9.17, 15) is 4.79 Å². The summed E-state index contributed by atoms with van der Waals surface area (Å²) in [4.78, 5) is 19.4. The van der Waals surface area contributed by atoms with Crippen LogP contribution in [0.15, 0.2) is 25.3 Å². The van der Waals surface area contributed by atoms with E-state index in [1.807, 2.05) is 0 Å². The zero-order valence-corrected chi connectivity index (χ0v) is 8.39. The molecule has 1 atom stereocenters. The van der Waals surface area contributed by atoms with Crippen LogP contribution < -0.4 is 11.5 Å². The Labute approximate surface area is 88.2 Å². The first-order valence-corrected chi connectivity index (χ1v) is 4.07. The lowest BCUT2D eigenvalue weighted by atomic mass is 10.3. The molecule has 0 rings (SSSR count). The lowest BCUT2D eigenvalue weighted by Gasteiger charge is -2.06. The number of nitrogens with two attached hydrogens (primary N) is 2. The molecule has 2 amide bonds. The number of amides is 2. The van der Waals surface area contributed by atoms with Crippen molar-refractivity contribution in [2.75, 3.05) is 6.61 Å². The van der Waals surface area contributed by atoms with Crippen molar-refractivity contribution in [2.24, 2.45) is 11.5 Å². The van der Waals surface area contributed by atoms with E-state index in [2.05, 4.69) is 29.4 Å². The van der Waals surface area contributed by atoms with Crippen LogP contribution in [0.1, 0.15) is 6.42 Å². The molecule has 0 aromatic rings. The van der Waals surface area contributed by atoms with E-state index in [1.165, 1.54) is 0 Å². The molecule has 86 valence electrons. The normalized spacial score (nSPS) is 10.2. The predicted molar refractivity (Wildman–Crippen MR) is 55.7 cm³/mol. The monoisotopic (exact) mass is 216 g/mol. The minimum atomic E-state index is -0.833. The van der Waals surface area contributed by atoms with Gasteiger partial charge in [-0.05, 0) is 6.42 Å². The largest absolute Gasteiger partial charge is 0.460 e. The number of carbonyl (C=O) groups is 2. The molecule has 0 aromatic heterocycles. The van der Waals surface area contributed by atoms with E-state index in [4.69, 9.17) is 9.90 Å². The van der Waals surface area contributed by atoms with Gasteiger partial charge in [0.15, 0.2) is 0 Å². The molecule has 0 aliphatic rings. The lowest BCUT2D eigenvalue weighted by Crippen LogP contribution is -2.18. The standard InChI is InChI=1S/C8H12O3.CH4N2O/c1-3-5-7(9)6-11-8(10)4-2;2-1(3)4/h3-4,7,9H,1-2,5-6H2;(H4,2,3,4). The maximum atomic E-state index is 10.4. The molecule has 0 fully saturated rings. The maximum absolute atomic E-state index is 10.4. The topological polar surface area (TPSA) is 116 Å². The van der Waals surface area contributed by atoms with Gasteiger partial charge < -0.3 is 21.3 Å². The Morgan fingerprint density at radius 2 is 1.87 bits per heavy atom. The molecule has 6 nitrogen and oxygen atoms in total. The second-order valence-corrected chi connectivity index (χ2v) is 2.41. The highest BCUT2D eigenvalue weighted by molar-refractivity contribution is 5.81. The van der Waals surface area contributed by atoms with Crippen molar-refractivity contribution in [1.82, 2.24) is 0 Å². The van der Waals surface area contributed by atoms with Gasteiger partial charge in [0.1, 0.15) is 6.61 Å². The second-order valence-electron chi connectivity index (χ2n) is 2.41. The number of hydrogen-bond acceptors (Lipinski definition) is 4. The Morgan fingerprint density at radius 3 is 2.20 bits per heavy atom. The number of carbonyl (C=O) groups excluding carboxylic acids is 2. The summed E-state index contributed by atoms with van der Waals surface area (Å²) in [5.74, 6) is -0.520. The summed E-state index contributed by atoms with van der Waals surface area (Å²) in [6.07, 6.45) is 2.38. The fourth-order valence-corrected chi connectivity index (χ4v) is 0.498. The predicted octanol–water partition coefficient (Wildman–Crippen LogP) is -0.324. The van der Waals surface area contributed by atoms with Crippen molar-refractivity contribution >= 4 is 12.0 Å². The SMILES string of the molecule is C=CCC(O)COC(=O)C=C.NC(N)=O. The highest BCUT2D eigenvalue weighted by atomic mass is 16.5. The van der Waals surface area contributed by atoms with Crippen LogP contribution in [0, 0.1) is 0 Å². The van der Waals surface area contributed by atoms with Crippen molar-refractivity contribution in [3.63, 3.8) is 0 Å². The number of aliphatic hydroxyl groups excluding tert-OH is 1. The van der Waals surface area contributed by atoms with Crippen molar-refractivity contribution in [1.29, 1.82) is 0 Å². The number of ether oxygens (including phenoxy) is 1. The van der Waals surface area contributed by atoms with Gasteiger partial charge in [-0.2, -0.15) is 0 Å². The van der Waals surface area contributed by atoms with E-state index in [1.54, 1.807) is 6.08 Å². The van der Waals surface area contributed by atoms with Crippen LogP contribution in [-0.2, 0) is 9.53 Å². The smallest absolute Gasteiger partial charge is 0.330 e. The fraction of sp³-hybridized carbons (Fsp3) is 0.333. The van der Waals surface area contributed by atoms with Crippen LogP contribution in [0.5, 0.6) is 0 Å². The number of aliphatic hydroxyl groups is 1. The van der Waals surface area contributed by atoms with E-state index in [0.29, 0.717) is 6.42 Å². The van der Waals surface area contributed by atoms with Gasteiger partial charge in [-0.25, -0.2) is 9.59 Å². The van der Waals surface area contributed by atoms with Crippen LogP contribution in [0.25, 0.3) is 0 Å². The summed E-state index contributed by atoms with van der Waals surface area (Å²) in [6, 6.07) is -0.833. The summed E-state index contributed by atoms with van der Waals surface area (Å²) >= 11 is 0. The minimum absolute atomic E-state index is 0.00310. The Morgan fingerprint density at radius 1 is 1.40 bits per heavy atom. The Hall–Kier alpha value is -1.82. The average molecular weight is 216 g/mol. The van der Waals surface area contributed by atoms with E-state index in [0.717, 1.165) is 6.08 Å². The summed E-state index contributed by atoms with van der Waals surface area (Å²) in [5, 5.41) is 9.01. The summed E-state index contributed by atoms with van der Waals surface area (Å²) < 4.78 is 4.55. The third kappa shape index (κ3) is 18.9. The van der Waals surface area contributed by atoms with Gasteiger partial charge in [-0.15, -0.1) is 6.58 Å². The molecule has 0 saturated carbocycles. The van der Waals surface area contributed by atoms with Crippen LogP contribution in [-0.4, -0.2) is 29.8 Å². The van der Waals surface area contributed by atoms with Crippen molar-refractivity contribution in [2.45, 2.75) is 12.5 Å². The van der Waals surface area contributed by atoms with E-state index >= 15 is 0 Å². The molecule has 0 saturated heterocycles. The van der Waals surface area contributed by atoms with Gasteiger partial charge in [0.25, 0.3) is 0 Å². The molecule has 5 N–H and O–H groups in total. The number of primary amides is 2. The number of rotatable bonds is 5. The molecule has 0 heterocycles. The molecule has 0 spiro atoms. The molecular weight excluding hydrogens is 200 g/mol. The van der Waals surface area contributed by atoms with Gasteiger partial charge in [-0.3, -0.25) is 0 Å². The molecule has 0 radical (unpaired) electrons. The molecule has 0 aliphatic carbocycles. The maximum Gasteiger partial charge on any atom is 0.330 e. The number of urea groups is 1. The van der Waals surface area contributed by atoms with Gasteiger partial charge in [0, 0.05) is 6.08 Å². The highest BCUT2D eigenvalue weighted by Crippen LogP contribution is 1.93. The third-order valence-corrected chi connectivity index (χ3v) is 1.02.